The minimum Gasteiger partial charge on any atom is -0.398 e. The highest BCUT2D eigenvalue weighted by Crippen LogP contribution is 2.25. The van der Waals surface area contributed by atoms with E-state index in [4.69, 9.17) is 27.9 Å². The van der Waals surface area contributed by atoms with Crippen molar-refractivity contribution in [1.29, 1.82) is 10.5 Å². The zero-order valence-electron chi connectivity index (χ0n) is 10.6. The van der Waals surface area contributed by atoms with E-state index >= 15 is 0 Å². The van der Waals surface area contributed by atoms with E-state index in [0.29, 0.717) is 5.02 Å². The lowest BCUT2D eigenvalue weighted by molar-refractivity contribution is 0.425. The summed E-state index contributed by atoms with van der Waals surface area (Å²) >= 11 is 5.74. The molecule has 0 fully saturated rings. The zero-order valence-corrected chi connectivity index (χ0v) is 12.2. The van der Waals surface area contributed by atoms with Crippen LogP contribution in [0.5, 0.6) is 0 Å². The summed E-state index contributed by atoms with van der Waals surface area (Å²) in [4.78, 5) is -0.0715. The Kier molecular flexibility index (Phi) is 5.78. The molecular weight excluding hydrogens is 300 g/mol. The average molecular weight is 313 g/mol. The molecule has 0 spiro atoms. The van der Waals surface area contributed by atoms with Gasteiger partial charge in [0.2, 0.25) is 10.0 Å². The van der Waals surface area contributed by atoms with Crippen LogP contribution < -0.4 is 5.73 Å². The molecule has 0 atom stereocenters. The Morgan fingerprint density at radius 3 is 2.20 bits per heavy atom. The number of hydrogen-bond acceptors (Lipinski definition) is 5. The summed E-state index contributed by atoms with van der Waals surface area (Å²) in [6, 6.07) is 7.86. The van der Waals surface area contributed by atoms with Gasteiger partial charge in [-0.2, -0.15) is 14.8 Å². The largest absolute Gasteiger partial charge is 0.398 e. The van der Waals surface area contributed by atoms with Gasteiger partial charge in [-0.3, -0.25) is 0 Å². The van der Waals surface area contributed by atoms with Crippen molar-refractivity contribution in [3.8, 4) is 12.1 Å². The lowest BCUT2D eigenvalue weighted by atomic mass is 10.3. The van der Waals surface area contributed by atoms with E-state index in [1.54, 1.807) is 0 Å². The lowest BCUT2D eigenvalue weighted by Crippen LogP contribution is -2.33. The van der Waals surface area contributed by atoms with E-state index in [-0.39, 0.29) is 36.5 Å². The quantitative estimate of drug-likeness (QED) is 0.804. The number of sulfonamides is 1. The van der Waals surface area contributed by atoms with Gasteiger partial charge in [0, 0.05) is 31.0 Å². The third-order valence-corrected chi connectivity index (χ3v) is 4.74. The predicted octanol–water partition coefficient (Wildman–Crippen LogP) is 1.74. The second-order valence-corrected chi connectivity index (χ2v) is 6.25. The van der Waals surface area contributed by atoms with E-state index in [1.807, 2.05) is 12.1 Å². The fourth-order valence-corrected chi connectivity index (χ4v) is 3.31. The number of nitrogens with two attached hydrogens (primary N) is 1. The molecule has 6 nitrogen and oxygen atoms in total. The number of halogens is 1. The molecule has 8 heteroatoms. The minimum absolute atomic E-state index is 0.0164. The molecule has 0 aromatic heterocycles. The van der Waals surface area contributed by atoms with Crippen molar-refractivity contribution in [2.45, 2.75) is 17.7 Å². The van der Waals surface area contributed by atoms with Crippen LogP contribution in [0, 0.1) is 22.7 Å². The van der Waals surface area contributed by atoms with Crippen molar-refractivity contribution in [3.63, 3.8) is 0 Å². The Labute approximate surface area is 123 Å². The van der Waals surface area contributed by atoms with E-state index < -0.39 is 10.0 Å². The first-order chi connectivity index (χ1) is 9.43. The Bertz CT molecular complexity index is 643. The molecule has 2 N–H and O–H groups in total. The summed E-state index contributed by atoms with van der Waals surface area (Å²) in [5.74, 6) is 0. The molecule has 1 aromatic rings. The van der Waals surface area contributed by atoms with Crippen LogP contribution in [-0.2, 0) is 10.0 Å². The van der Waals surface area contributed by atoms with Crippen LogP contribution in [0.15, 0.2) is 23.1 Å². The van der Waals surface area contributed by atoms with Gasteiger partial charge < -0.3 is 5.73 Å². The molecule has 0 aliphatic rings. The van der Waals surface area contributed by atoms with Crippen LogP contribution in [-0.4, -0.2) is 25.8 Å². The summed E-state index contributed by atoms with van der Waals surface area (Å²) < 4.78 is 26.0. The monoisotopic (exact) mass is 312 g/mol. The zero-order chi connectivity index (χ0) is 15.2. The molecule has 0 bridgehead atoms. The van der Waals surface area contributed by atoms with Crippen molar-refractivity contribution in [2.75, 3.05) is 18.8 Å². The van der Waals surface area contributed by atoms with E-state index in [1.165, 1.54) is 18.2 Å². The third-order valence-electron chi connectivity index (χ3n) is 2.54. The predicted molar refractivity (Wildman–Crippen MR) is 75.1 cm³/mol. The van der Waals surface area contributed by atoms with Gasteiger partial charge in [-0.05, 0) is 18.2 Å². The van der Waals surface area contributed by atoms with E-state index in [0.717, 1.165) is 4.31 Å². The minimum atomic E-state index is -3.85. The van der Waals surface area contributed by atoms with Gasteiger partial charge in [0.05, 0.1) is 17.8 Å². The van der Waals surface area contributed by atoms with Gasteiger partial charge in [0.25, 0.3) is 0 Å². The molecule has 1 rings (SSSR count). The molecule has 0 heterocycles. The first kappa shape index (κ1) is 16.3. The van der Waals surface area contributed by atoms with Crippen LogP contribution in [0.1, 0.15) is 12.8 Å². The molecule has 0 radical (unpaired) electrons. The van der Waals surface area contributed by atoms with Gasteiger partial charge in [0.15, 0.2) is 0 Å². The van der Waals surface area contributed by atoms with E-state index in [2.05, 4.69) is 0 Å². The molecular formula is C12H13ClN4O2S. The maximum atomic E-state index is 12.5. The van der Waals surface area contributed by atoms with Gasteiger partial charge >= 0.3 is 0 Å². The van der Waals surface area contributed by atoms with Crippen LogP contribution >= 0.6 is 11.6 Å². The normalized spacial score (nSPS) is 11.0. The highest BCUT2D eigenvalue weighted by molar-refractivity contribution is 7.89. The summed E-state index contributed by atoms with van der Waals surface area (Å²) in [6.45, 7) is 0.0329. The van der Waals surface area contributed by atoms with Crippen molar-refractivity contribution < 1.29 is 8.42 Å². The topological polar surface area (TPSA) is 111 Å². The molecule has 106 valence electrons. The van der Waals surface area contributed by atoms with Crippen LogP contribution in [0.2, 0.25) is 5.02 Å². The van der Waals surface area contributed by atoms with Gasteiger partial charge in [-0.15, -0.1) is 0 Å². The SMILES string of the molecule is N#CCCN(CCC#N)S(=O)(=O)c1ccc(Cl)cc1N. The summed E-state index contributed by atoms with van der Waals surface area (Å²) in [5, 5.41) is 17.5. The second kappa shape index (κ2) is 7.11. The summed E-state index contributed by atoms with van der Waals surface area (Å²) in [5.41, 5.74) is 5.72. The number of nitrogens with zero attached hydrogens (tertiary/aromatic N) is 3. The van der Waals surface area contributed by atoms with Crippen molar-refractivity contribution >= 4 is 27.3 Å². The molecule has 0 aliphatic heterocycles. The Morgan fingerprint density at radius 1 is 1.20 bits per heavy atom. The molecule has 0 unspecified atom stereocenters. The Morgan fingerprint density at radius 2 is 1.75 bits per heavy atom. The highest BCUT2D eigenvalue weighted by atomic mass is 35.5. The Hall–Kier alpha value is -1.80. The smallest absolute Gasteiger partial charge is 0.245 e. The summed E-state index contributed by atoms with van der Waals surface area (Å²) in [7, 11) is -3.85. The fraction of sp³-hybridized carbons (Fsp3) is 0.333. The molecule has 1 aromatic carbocycles. The number of benzene rings is 1. The fourth-order valence-electron chi connectivity index (χ4n) is 1.59. The number of hydrogen-bond donors (Lipinski definition) is 1. The van der Waals surface area contributed by atoms with Gasteiger partial charge in [-0.1, -0.05) is 11.6 Å². The first-order valence-corrected chi connectivity index (χ1v) is 7.54. The Balaban J connectivity index is 3.15. The summed E-state index contributed by atoms with van der Waals surface area (Å²) in [6.07, 6.45) is 0.0797. The molecule has 0 amide bonds. The number of anilines is 1. The first-order valence-electron chi connectivity index (χ1n) is 5.72. The van der Waals surface area contributed by atoms with E-state index in [9.17, 15) is 8.42 Å². The van der Waals surface area contributed by atoms with Gasteiger partial charge in [-0.25, -0.2) is 8.42 Å². The standard InChI is InChI=1S/C12H13ClN4O2S/c13-10-3-4-12(11(16)9-10)20(18,19)17(7-1-5-14)8-2-6-15/h3-4,9H,1-2,7-8,16H2. The number of rotatable bonds is 6. The second-order valence-electron chi connectivity index (χ2n) is 3.90. The maximum Gasteiger partial charge on any atom is 0.245 e. The third kappa shape index (κ3) is 3.84. The van der Waals surface area contributed by atoms with Gasteiger partial charge in [0.1, 0.15) is 4.90 Å². The van der Waals surface area contributed by atoms with Crippen LogP contribution in [0.25, 0.3) is 0 Å². The van der Waals surface area contributed by atoms with Crippen molar-refractivity contribution in [1.82, 2.24) is 4.31 Å². The maximum absolute atomic E-state index is 12.5. The molecule has 0 saturated carbocycles. The molecule has 0 saturated heterocycles. The van der Waals surface area contributed by atoms with Crippen LogP contribution in [0.3, 0.4) is 0 Å². The highest BCUT2D eigenvalue weighted by Gasteiger charge is 2.25. The molecule has 0 aliphatic carbocycles. The van der Waals surface area contributed by atoms with Crippen molar-refractivity contribution in [3.05, 3.63) is 23.2 Å². The number of nitrogen functional groups attached to an aromatic ring is 1. The van der Waals surface area contributed by atoms with Crippen molar-refractivity contribution in [2.24, 2.45) is 0 Å². The number of nitriles is 2. The average Bonchev–Trinajstić information content (AvgIpc) is 2.38. The van der Waals surface area contributed by atoms with Crippen LogP contribution in [0.4, 0.5) is 5.69 Å². The molecule has 20 heavy (non-hydrogen) atoms. The lowest BCUT2D eigenvalue weighted by Gasteiger charge is -2.20.